The van der Waals surface area contributed by atoms with Crippen molar-refractivity contribution in [3.63, 3.8) is 0 Å². The van der Waals surface area contributed by atoms with Gasteiger partial charge in [-0.25, -0.2) is 0 Å². The summed E-state index contributed by atoms with van der Waals surface area (Å²) in [6.45, 7) is 4.09. The van der Waals surface area contributed by atoms with Crippen LogP contribution in [-0.2, 0) is 6.54 Å². The minimum absolute atomic E-state index is 0.438. The van der Waals surface area contributed by atoms with Crippen molar-refractivity contribution in [3.05, 3.63) is 24.2 Å². The van der Waals surface area contributed by atoms with Crippen LogP contribution in [0.1, 0.15) is 49.3 Å². The molecule has 4 rings (SSSR count). The number of nitrogens with zero attached hydrogens (tertiary/aromatic N) is 6. The zero-order chi connectivity index (χ0) is 14.1. The van der Waals surface area contributed by atoms with Gasteiger partial charge in [0.25, 0.3) is 0 Å². The largest absolute Gasteiger partial charge is 0.425 e. The molecule has 2 fully saturated rings. The van der Waals surface area contributed by atoms with Crippen molar-refractivity contribution in [1.29, 1.82) is 0 Å². The Labute approximate surface area is 123 Å². The molecule has 0 bridgehead atoms. The number of hydrogen-bond donors (Lipinski definition) is 0. The molecule has 2 aromatic rings. The van der Waals surface area contributed by atoms with Gasteiger partial charge in [-0.1, -0.05) is 5.21 Å². The van der Waals surface area contributed by atoms with Gasteiger partial charge < -0.3 is 9.32 Å². The van der Waals surface area contributed by atoms with Crippen LogP contribution in [0.15, 0.2) is 16.8 Å². The second-order valence-corrected chi connectivity index (χ2v) is 6.03. The Morgan fingerprint density at radius 3 is 2.33 bits per heavy atom. The van der Waals surface area contributed by atoms with Gasteiger partial charge in [0.1, 0.15) is 0 Å². The van der Waals surface area contributed by atoms with Crippen LogP contribution in [0.25, 0.3) is 0 Å². The molecule has 3 heterocycles. The van der Waals surface area contributed by atoms with Gasteiger partial charge in [-0.05, 0) is 38.8 Å². The number of likely N-dealkylation sites (tertiary alicyclic amines) is 1. The fraction of sp³-hybridized carbons (Fsp3) is 0.714. The smallest absolute Gasteiger partial charge is 0.219 e. The SMILES string of the molecule is c1cn(CCN2CCC(c3nnc(C4CC4)o3)CC2)nn1. The van der Waals surface area contributed by atoms with E-state index in [1.54, 1.807) is 6.20 Å². The quantitative estimate of drug-likeness (QED) is 0.828. The number of aromatic nitrogens is 5. The fourth-order valence-corrected chi connectivity index (χ4v) is 2.91. The van der Waals surface area contributed by atoms with Gasteiger partial charge in [-0.3, -0.25) is 4.68 Å². The predicted molar refractivity (Wildman–Crippen MR) is 74.7 cm³/mol. The first-order valence-electron chi connectivity index (χ1n) is 7.78. The average Bonchev–Trinajstić information content (AvgIpc) is 3.04. The first-order valence-corrected chi connectivity index (χ1v) is 7.78. The first-order chi connectivity index (χ1) is 10.4. The van der Waals surface area contributed by atoms with Crippen molar-refractivity contribution in [1.82, 2.24) is 30.1 Å². The highest BCUT2D eigenvalue weighted by Gasteiger charge is 2.31. The minimum Gasteiger partial charge on any atom is -0.425 e. The van der Waals surface area contributed by atoms with Gasteiger partial charge in [-0.2, -0.15) is 0 Å². The number of hydrogen-bond acceptors (Lipinski definition) is 6. The summed E-state index contributed by atoms with van der Waals surface area (Å²) in [5, 5.41) is 16.3. The molecule has 1 saturated carbocycles. The van der Waals surface area contributed by atoms with E-state index in [1.165, 1.54) is 12.8 Å². The molecule has 2 aromatic heterocycles. The van der Waals surface area contributed by atoms with Crippen LogP contribution in [-0.4, -0.2) is 49.7 Å². The molecule has 0 amide bonds. The average molecular weight is 288 g/mol. The molecule has 1 aliphatic heterocycles. The molecule has 7 nitrogen and oxygen atoms in total. The predicted octanol–water partition coefficient (Wildman–Crippen LogP) is 1.42. The Hall–Kier alpha value is -1.76. The molecule has 112 valence electrons. The normalized spacial score (nSPS) is 21.0. The topological polar surface area (TPSA) is 72.9 Å². The van der Waals surface area contributed by atoms with Gasteiger partial charge in [-0.15, -0.1) is 15.3 Å². The van der Waals surface area contributed by atoms with Crippen LogP contribution in [0.3, 0.4) is 0 Å². The second kappa shape index (κ2) is 5.55. The molecule has 0 spiro atoms. The third-order valence-corrected chi connectivity index (χ3v) is 4.44. The molecule has 0 radical (unpaired) electrons. The Morgan fingerprint density at radius 1 is 1.00 bits per heavy atom. The lowest BCUT2D eigenvalue weighted by atomic mass is 9.97. The van der Waals surface area contributed by atoms with E-state index in [0.717, 1.165) is 50.8 Å². The summed E-state index contributed by atoms with van der Waals surface area (Å²) >= 11 is 0. The summed E-state index contributed by atoms with van der Waals surface area (Å²) in [6, 6.07) is 0. The highest BCUT2D eigenvalue weighted by molar-refractivity contribution is 5.02. The van der Waals surface area contributed by atoms with E-state index in [2.05, 4.69) is 25.4 Å². The maximum absolute atomic E-state index is 5.84. The fourth-order valence-electron chi connectivity index (χ4n) is 2.91. The number of rotatable bonds is 5. The molecule has 2 aliphatic rings. The molecule has 0 aromatic carbocycles. The highest BCUT2D eigenvalue weighted by atomic mass is 16.4. The Kier molecular flexibility index (Phi) is 3.42. The molecule has 0 N–H and O–H groups in total. The van der Waals surface area contributed by atoms with E-state index in [1.807, 2.05) is 10.9 Å². The molecule has 0 unspecified atom stereocenters. The van der Waals surface area contributed by atoms with E-state index in [0.29, 0.717) is 11.8 Å². The highest BCUT2D eigenvalue weighted by Crippen LogP contribution is 2.40. The van der Waals surface area contributed by atoms with Crippen LogP contribution in [0.2, 0.25) is 0 Å². The Bertz CT molecular complexity index is 568. The third kappa shape index (κ3) is 2.97. The van der Waals surface area contributed by atoms with E-state index in [-0.39, 0.29) is 0 Å². The van der Waals surface area contributed by atoms with Gasteiger partial charge >= 0.3 is 0 Å². The molecular weight excluding hydrogens is 268 g/mol. The maximum atomic E-state index is 5.84. The minimum atomic E-state index is 0.438. The van der Waals surface area contributed by atoms with Gasteiger partial charge in [0, 0.05) is 24.6 Å². The molecule has 0 atom stereocenters. The summed E-state index contributed by atoms with van der Waals surface area (Å²) in [5.41, 5.74) is 0. The lowest BCUT2D eigenvalue weighted by molar-refractivity contribution is 0.190. The van der Waals surface area contributed by atoms with E-state index in [9.17, 15) is 0 Å². The Morgan fingerprint density at radius 2 is 1.71 bits per heavy atom. The molecular formula is C14H20N6O. The lowest BCUT2D eigenvalue weighted by Crippen LogP contribution is -2.35. The van der Waals surface area contributed by atoms with Gasteiger partial charge in [0.15, 0.2) is 0 Å². The first kappa shape index (κ1) is 12.9. The van der Waals surface area contributed by atoms with Crippen molar-refractivity contribution in [2.75, 3.05) is 19.6 Å². The maximum Gasteiger partial charge on any atom is 0.219 e. The zero-order valence-corrected chi connectivity index (χ0v) is 12.1. The summed E-state index contributed by atoms with van der Waals surface area (Å²) in [7, 11) is 0. The van der Waals surface area contributed by atoms with Crippen LogP contribution in [0.4, 0.5) is 0 Å². The molecule has 21 heavy (non-hydrogen) atoms. The summed E-state index contributed by atoms with van der Waals surface area (Å²) in [5.74, 6) is 2.70. The van der Waals surface area contributed by atoms with E-state index in [4.69, 9.17) is 4.42 Å². The van der Waals surface area contributed by atoms with Gasteiger partial charge in [0.05, 0.1) is 12.7 Å². The zero-order valence-electron chi connectivity index (χ0n) is 12.1. The van der Waals surface area contributed by atoms with Crippen LogP contribution >= 0.6 is 0 Å². The van der Waals surface area contributed by atoms with Crippen LogP contribution in [0, 0.1) is 0 Å². The van der Waals surface area contributed by atoms with Crippen molar-refractivity contribution >= 4 is 0 Å². The molecule has 7 heteroatoms. The summed E-state index contributed by atoms with van der Waals surface area (Å²) < 4.78 is 7.72. The van der Waals surface area contributed by atoms with Crippen molar-refractivity contribution in [2.45, 2.75) is 44.1 Å². The monoisotopic (exact) mass is 288 g/mol. The van der Waals surface area contributed by atoms with Crippen molar-refractivity contribution < 1.29 is 4.42 Å². The lowest BCUT2D eigenvalue weighted by Gasteiger charge is -2.30. The van der Waals surface area contributed by atoms with Gasteiger partial charge in [0.2, 0.25) is 11.8 Å². The third-order valence-electron chi connectivity index (χ3n) is 4.44. The van der Waals surface area contributed by atoms with Crippen molar-refractivity contribution in [3.8, 4) is 0 Å². The van der Waals surface area contributed by atoms with Crippen molar-refractivity contribution in [2.24, 2.45) is 0 Å². The summed E-state index contributed by atoms with van der Waals surface area (Å²) in [6.07, 6.45) is 8.25. The second-order valence-electron chi connectivity index (χ2n) is 6.03. The number of piperidine rings is 1. The standard InChI is InChI=1S/C14H20N6O/c1-2-11(1)13-16-17-14(21-13)12-3-6-19(7-4-12)9-10-20-8-5-15-18-20/h5,8,11-12H,1-4,6-7,9-10H2. The van der Waals surface area contributed by atoms with E-state index < -0.39 is 0 Å². The van der Waals surface area contributed by atoms with E-state index >= 15 is 0 Å². The van der Waals surface area contributed by atoms with Crippen LogP contribution in [0.5, 0.6) is 0 Å². The van der Waals surface area contributed by atoms with Crippen LogP contribution < -0.4 is 0 Å². The Balaban J connectivity index is 1.27. The summed E-state index contributed by atoms with van der Waals surface area (Å²) in [4.78, 5) is 2.47. The molecule has 1 saturated heterocycles. The molecule has 1 aliphatic carbocycles.